The largest absolute Gasteiger partial charge is 0.508 e. The van der Waals surface area contributed by atoms with Gasteiger partial charge in [0.2, 0.25) is 0 Å². The van der Waals surface area contributed by atoms with Crippen LogP contribution >= 0.6 is 11.8 Å². The Balaban J connectivity index is 1.88. The minimum absolute atomic E-state index is 0.00686. The van der Waals surface area contributed by atoms with Crippen molar-refractivity contribution in [2.24, 2.45) is 0 Å². The SMILES string of the molecule is COc1ccc2c3oc(=O)c(Sc4cccc(O)c4)c(O)c3c(=O)n(-c3ccccc3)c2c1. The number of benzene rings is 3. The summed E-state index contributed by atoms with van der Waals surface area (Å²) < 4.78 is 12.4. The van der Waals surface area contributed by atoms with Crippen LogP contribution in [-0.2, 0) is 0 Å². The first-order valence-electron chi connectivity index (χ1n) is 9.93. The van der Waals surface area contributed by atoms with Gasteiger partial charge in [0.1, 0.15) is 21.8 Å². The lowest BCUT2D eigenvalue weighted by Gasteiger charge is -2.15. The van der Waals surface area contributed by atoms with Gasteiger partial charge in [-0.3, -0.25) is 9.36 Å². The van der Waals surface area contributed by atoms with E-state index in [-0.39, 0.29) is 21.6 Å². The van der Waals surface area contributed by atoms with Crippen LogP contribution in [0, 0.1) is 0 Å². The van der Waals surface area contributed by atoms with Crippen molar-refractivity contribution >= 4 is 33.6 Å². The first kappa shape index (κ1) is 20.7. The molecule has 2 N–H and O–H groups in total. The number of rotatable bonds is 4. The third kappa shape index (κ3) is 3.50. The number of phenols is 1. The number of para-hydroxylation sites is 1. The van der Waals surface area contributed by atoms with Crippen LogP contribution in [0.5, 0.6) is 17.2 Å². The maximum absolute atomic E-state index is 13.7. The minimum Gasteiger partial charge on any atom is -0.508 e. The van der Waals surface area contributed by atoms with Gasteiger partial charge in [-0.05, 0) is 42.5 Å². The Bertz CT molecular complexity index is 1640. The molecule has 0 amide bonds. The van der Waals surface area contributed by atoms with Gasteiger partial charge in [-0.1, -0.05) is 36.0 Å². The van der Waals surface area contributed by atoms with E-state index in [9.17, 15) is 19.8 Å². The molecule has 8 heteroatoms. The van der Waals surface area contributed by atoms with Crippen molar-refractivity contribution in [2.45, 2.75) is 9.79 Å². The van der Waals surface area contributed by atoms with Gasteiger partial charge in [0, 0.05) is 22.0 Å². The molecule has 0 saturated carbocycles. The molecule has 2 heterocycles. The average molecular weight is 459 g/mol. The summed E-state index contributed by atoms with van der Waals surface area (Å²) in [7, 11) is 1.52. The first-order chi connectivity index (χ1) is 16.0. The van der Waals surface area contributed by atoms with Crippen molar-refractivity contribution in [3.05, 3.63) is 93.6 Å². The second-order valence-electron chi connectivity index (χ2n) is 7.23. The van der Waals surface area contributed by atoms with Crippen LogP contribution in [0.25, 0.3) is 27.6 Å². The number of aromatic nitrogens is 1. The molecule has 5 rings (SSSR count). The number of ether oxygens (including phenoxy) is 1. The van der Waals surface area contributed by atoms with E-state index in [4.69, 9.17) is 9.15 Å². The molecule has 5 aromatic rings. The lowest BCUT2D eigenvalue weighted by molar-refractivity contribution is 0.415. The van der Waals surface area contributed by atoms with E-state index in [1.807, 2.05) is 6.07 Å². The number of hydrogen-bond donors (Lipinski definition) is 2. The Kier molecular flexibility index (Phi) is 5.07. The van der Waals surface area contributed by atoms with Gasteiger partial charge in [0.15, 0.2) is 11.3 Å². The smallest absolute Gasteiger partial charge is 0.354 e. The highest BCUT2D eigenvalue weighted by Crippen LogP contribution is 2.38. The first-order valence-corrected chi connectivity index (χ1v) is 10.7. The fourth-order valence-corrected chi connectivity index (χ4v) is 4.61. The summed E-state index contributed by atoms with van der Waals surface area (Å²) in [4.78, 5) is 26.9. The van der Waals surface area contributed by atoms with Crippen molar-refractivity contribution in [1.29, 1.82) is 0 Å². The van der Waals surface area contributed by atoms with Crippen molar-refractivity contribution in [2.75, 3.05) is 7.11 Å². The van der Waals surface area contributed by atoms with Gasteiger partial charge >= 0.3 is 5.63 Å². The lowest BCUT2D eigenvalue weighted by Crippen LogP contribution is -2.20. The molecule has 0 aliphatic rings. The Morgan fingerprint density at radius 2 is 1.73 bits per heavy atom. The van der Waals surface area contributed by atoms with E-state index >= 15 is 0 Å². The summed E-state index contributed by atoms with van der Waals surface area (Å²) in [6.07, 6.45) is 0. The molecule has 0 saturated heterocycles. The highest BCUT2D eigenvalue weighted by Gasteiger charge is 2.23. The monoisotopic (exact) mass is 459 g/mol. The maximum Gasteiger partial charge on any atom is 0.354 e. The van der Waals surface area contributed by atoms with Crippen molar-refractivity contribution in [3.63, 3.8) is 0 Å². The third-order valence-corrected chi connectivity index (χ3v) is 6.27. The summed E-state index contributed by atoms with van der Waals surface area (Å²) in [5.41, 5.74) is -0.296. The zero-order valence-corrected chi connectivity index (χ0v) is 18.1. The number of pyridine rings is 1. The Hall–Kier alpha value is -4.17. The number of hydrogen-bond acceptors (Lipinski definition) is 7. The van der Waals surface area contributed by atoms with Gasteiger partial charge in [-0.25, -0.2) is 4.79 Å². The lowest BCUT2D eigenvalue weighted by atomic mass is 10.1. The molecule has 0 aliphatic carbocycles. The second-order valence-corrected chi connectivity index (χ2v) is 8.31. The summed E-state index contributed by atoms with van der Waals surface area (Å²) in [5.74, 6) is 0.0617. The molecule has 0 atom stereocenters. The molecule has 0 fully saturated rings. The summed E-state index contributed by atoms with van der Waals surface area (Å²) in [6, 6.07) is 20.2. The normalized spacial score (nSPS) is 11.2. The predicted octanol–water partition coefficient (Wildman–Crippen LogP) is 4.67. The second kappa shape index (κ2) is 8.07. The molecule has 0 radical (unpaired) electrons. The number of methoxy groups -OCH3 is 1. The van der Waals surface area contributed by atoms with Gasteiger partial charge in [-0.15, -0.1) is 0 Å². The maximum atomic E-state index is 13.7. The Labute approximate surface area is 191 Å². The molecule has 33 heavy (non-hydrogen) atoms. The molecule has 164 valence electrons. The third-order valence-electron chi connectivity index (χ3n) is 5.22. The number of fused-ring (bicyclic) bond motifs is 3. The molecule has 7 nitrogen and oxygen atoms in total. The zero-order valence-electron chi connectivity index (χ0n) is 17.3. The number of nitrogens with zero attached hydrogens (tertiary/aromatic N) is 1. The molecule has 2 aromatic heterocycles. The molecule has 0 unspecified atom stereocenters. The van der Waals surface area contributed by atoms with E-state index in [1.165, 1.54) is 23.8 Å². The van der Waals surface area contributed by atoms with Crippen molar-refractivity contribution in [1.82, 2.24) is 4.57 Å². The summed E-state index contributed by atoms with van der Waals surface area (Å²) in [6.45, 7) is 0. The zero-order chi connectivity index (χ0) is 23.1. The van der Waals surface area contributed by atoms with Gasteiger partial charge < -0.3 is 19.4 Å². The van der Waals surface area contributed by atoms with E-state index in [0.717, 1.165) is 11.8 Å². The molecule has 0 bridgehead atoms. The van der Waals surface area contributed by atoms with Crippen LogP contribution in [0.3, 0.4) is 0 Å². The fourth-order valence-electron chi connectivity index (χ4n) is 3.72. The number of aromatic hydroxyl groups is 2. The molecule has 3 aromatic carbocycles. The van der Waals surface area contributed by atoms with Crippen LogP contribution in [0.15, 0.2) is 96.6 Å². The predicted molar refractivity (Wildman–Crippen MR) is 126 cm³/mol. The highest BCUT2D eigenvalue weighted by atomic mass is 32.2. The number of phenolic OH excluding ortho intramolecular Hbond substituents is 1. The Morgan fingerprint density at radius 1 is 0.939 bits per heavy atom. The quantitative estimate of drug-likeness (QED) is 0.377. The van der Waals surface area contributed by atoms with Crippen LogP contribution in [-0.4, -0.2) is 21.9 Å². The Morgan fingerprint density at radius 3 is 2.45 bits per heavy atom. The van der Waals surface area contributed by atoms with Gasteiger partial charge in [0.05, 0.1) is 12.6 Å². The topological polar surface area (TPSA) is 102 Å². The van der Waals surface area contributed by atoms with Crippen LogP contribution in [0.4, 0.5) is 0 Å². The van der Waals surface area contributed by atoms with Gasteiger partial charge in [0.25, 0.3) is 5.56 Å². The fraction of sp³-hybridized carbons (Fsp3) is 0.0400. The van der Waals surface area contributed by atoms with Gasteiger partial charge in [-0.2, -0.15) is 0 Å². The van der Waals surface area contributed by atoms with Crippen LogP contribution < -0.4 is 15.9 Å². The van der Waals surface area contributed by atoms with E-state index < -0.39 is 16.9 Å². The average Bonchev–Trinajstić information content (AvgIpc) is 2.82. The standard InChI is InChI=1S/C25H17NO6S/c1-31-16-10-11-18-19(13-16)26(14-6-3-2-4-7-14)24(29)20-21(28)23(25(30)32-22(18)20)33-17-9-5-8-15(27)12-17/h2-13,27-28H,1H3. The molecular formula is C25H17NO6S. The van der Waals surface area contributed by atoms with Crippen LogP contribution in [0.1, 0.15) is 0 Å². The summed E-state index contributed by atoms with van der Waals surface area (Å²) >= 11 is 0.907. The molecular weight excluding hydrogens is 442 g/mol. The van der Waals surface area contributed by atoms with E-state index in [1.54, 1.807) is 54.6 Å². The van der Waals surface area contributed by atoms with Crippen LogP contribution in [0.2, 0.25) is 0 Å². The summed E-state index contributed by atoms with van der Waals surface area (Å²) in [5, 5.41) is 21.2. The van der Waals surface area contributed by atoms with E-state index in [0.29, 0.717) is 27.2 Å². The van der Waals surface area contributed by atoms with E-state index in [2.05, 4.69) is 0 Å². The van der Waals surface area contributed by atoms with Crippen molar-refractivity contribution < 1.29 is 19.4 Å². The van der Waals surface area contributed by atoms with Crippen molar-refractivity contribution in [3.8, 4) is 22.9 Å². The molecule has 0 spiro atoms. The highest BCUT2D eigenvalue weighted by molar-refractivity contribution is 7.99. The minimum atomic E-state index is -0.790. The molecule has 0 aliphatic heterocycles.